The first-order valence-electron chi connectivity index (χ1n) is 10.1. The molecule has 2 heterocycles. The van der Waals surface area contributed by atoms with Gasteiger partial charge < -0.3 is 21.1 Å². The summed E-state index contributed by atoms with van der Waals surface area (Å²) in [5.74, 6) is 0.148. The molecule has 31 heavy (non-hydrogen) atoms. The number of likely N-dealkylation sites (N-methyl/N-ethyl adjacent to an activating group) is 1. The maximum Gasteiger partial charge on any atom is 0.248 e. The Morgan fingerprint density at radius 1 is 1.19 bits per heavy atom. The van der Waals surface area contributed by atoms with Gasteiger partial charge in [-0.3, -0.25) is 9.20 Å². The van der Waals surface area contributed by atoms with Crippen LogP contribution in [0.2, 0.25) is 0 Å². The van der Waals surface area contributed by atoms with E-state index in [4.69, 9.17) is 5.73 Å². The summed E-state index contributed by atoms with van der Waals surface area (Å²) < 4.78 is 1.92. The number of aromatic nitrogens is 3. The van der Waals surface area contributed by atoms with E-state index >= 15 is 0 Å². The number of hydrogen-bond acceptors (Lipinski definition) is 6. The number of benzene rings is 2. The average molecular weight is 416 g/mol. The number of nitrogens with zero attached hydrogens (tertiary/aromatic N) is 4. The van der Waals surface area contributed by atoms with Crippen LogP contribution in [-0.2, 0) is 0 Å². The van der Waals surface area contributed by atoms with Crippen molar-refractivity contribution in [3.63, 3.8) is 0 Å². The van der Waals surface area contributed by atoms with Gasteiger partial charge in [-0.2, -0.15) is 0 Å². The second-order valence-electron chi connectivity index (χ2n) is 7.03. The molecule has 4 rings (SSSR count). The molecule has 0 fully saturated rings. The number of primary amides is 1. The average Bonchev–Trinajstić information content (AvgIpc) is 3.29. The van der Waals surface area contributed by atoms with Crippen molar-refractivity contribution < 1.29 is 9.90 Å². The molecule has 0 spiro atoms. The normalized spacial score (nSPS) is 10.9. The van der Waals surface area contributed by atoms with Crippen LogP contribution in [0.5, 0.6) is 0 Å². The number of rotatable bonds is 8. The molecular formula is C23H24N6O2. The number of imidazole rings is 1. The highest BCUT2D eigenvalue weighted by molar-refractivity contribution is 5.94. The lowest BCUT2D eigenvalue weighted by Crippen LogP contribution is -2.25. The Morgan fingerprint density at radius 2 is 2.00 bits per heavy atom. The van der Waals surface area contributed by atoms with Gasteiger partial charge in [0, 0.05) is 48.0 Å². The van der Waals surface area contributed by atoms with Crippen molar-refractivity contribution in [1.29, 1.82) is 0 Å². The maximum atomic E-state index is 11.5. The highest BCUT2D eigenvalue weighted by Gasteiger charge is 2.12. The van der Waals surface area contributed by atoms with Gasteiger partial charge in [0.1, 0.15) is 0 Å². The van der Waals surface area contributed by atoms with Crippen LogP contribution in [0, 0.1) is 0 Å². The van der Waals surface area contributed by atoms with Crippen LogP contribution in [0.25, 0.3) is 16.9 Å². The molecule has 0 bridgehead atoms. The number of aliphatic hydroxyl groups excluding tert-OH is 1. The number of anilines is 3. The summed E-state index contributed by atoms with van der Waals surface area (Å²) in [4.78, 5) is 22.7. The van der Waals surface area contributed by atoms with Crippen LogP contribution < -0.4 is 16.0 Å². The van der Waals surface area contributed by atoms with Gasteiger partial charge in [0.15, 0.2) is 11.5 Å². The molecule has 158 valence electrons. The fraction of sp³-hybridized carbons (Fsp3) is 0.174. The molecule has 0 radical (unpaired) electrons. The number of fused-ring (bicyclic) bond motifs is 1. The minimum atomic E-state index is -0.473. The van der Waals surface area contributed by atoms with E-state index in [9.17, 15) is 9.90 Å². The van der Waals surface area contributed by atoms with E-state index in [0.717, 1.165) is 29.2 Å². The molecular weight excluding hydrogens is 392 g/mol. The number of amides is 1. The van der Waals surface area contributed by atoms with Crippen LogP contribution in [0.1, 0.15) is 17.3 Å². The van der Waals surface area contributed by atoms with Gasteiger partial charge in [-0.25, -0.2) is 9.97 Å². The van der Waals surface area contributed by atoms with Crippen molar-refractivity contribution in [2.45, 2.75) is 6.92 Å². The first-order valence-corrected chi connectivity index (χ1v) is 10.1. The molecule has 0 atom stereocenters. The maximum absolute atomic E-state index is 11.5. The highest BCUT2D eigenvalue weighted by Crippen LogP contribution is 2.26. The van der Waals surface area contributed by atoms with Crippen LogP contribution in [-0.4, -0.2) is 45.1 Å². The highest BCUT2D eigenvalue weighted by atomic mass is 16.3. The summed E-state index contributed by atoms with van der Waals surface area (Å²) in [7, 11) is 0. The van der Waals surface area contributed by atoms with Gasteiger partial charge in [0.05, 0.1) is 18.5 Å². The van der Waals surface area contributed by atoms with Crippen molar-refractivity contribution >= 4 is 28.7 Å². The zero-order chi connectivity index (χ0) is 21.8. The van der Waals surface area contributed by atoms with Crippen molar-refractivity contribution in [3.8, 4) is 11.3 Å². The van der Waals surface area contributed by atoms with E-state index in [2.05, 4.69) is 27.1 Å². The van der Waals surface area contributed by atoms with E-state index in [1.54, 1.807) is 30.6 Å². The molecule has 0 saturated carbocycles. The summed E-state index contributed by atoms with van der Waals surface area (Å²) in [6, 6.07) is 15.1. The van der Waals surface area contributed by atoms with E-state index in [-0.39, 0.29) is 6.61 Å². The molecule has 4 aromatic rings. The molecule has 0 aliphatic carbocycles. The topological polar surface area (TPSA) is 109 Å². The predicted octanol–water partition coefficient (Wildman–Crippen LogP) is 3.06. The Hall–Kier alpha value is -3.91. The minimum absolute atomic E-state index is 0.115. The molecule has 8 nitrogen and oxygen atoms in total. The predicted molar refractivity (Wildman–Crippen MR) is 122 cm³/mol. The number of aliphatic hydroxyl groups is 1. The molecule has 8 heteroatoms. The van der Waals surface area contributed by atoms with Crippen LogP contribution in [0.15, 0.2) is 67.1 Å². The monoisotopic (exact) mass is 416 g/mol. The second kappa shape index (κ2) is 8.85. The first-order chi connectivity index (χ1) is 15.1. The Morgan fingerprint density at radius 3 is 2.71 bits per heavy atom. The molecule has 2 aromatic carbocycles. The number of nitrogens with two attached hydrogens (primary N) is 1. The van der Waals surface area contributed by atoms with E-state index in [1.807, 2.05) is 40.9 Å². The fourth-order valence-corrected chi connectivity index (χ4v) is 3.54. The van der Waals surface area contributed by atoms with Gasteiger partial charge in [0.25, 0.3) is 0 Å². The Labute approximate surface area is 180 Å². The quantitative estimate of drug-likeness (QED) is 0.407. The summed E-state index contributed by atoms with van der Waals surface area (Å²) in [5.41, 5.74) is 10.1. The zero-order valence-corrected chi connectivity index (χ0v) is 17.2. The molecule has 0 aliphatic heterocycles. The van der Waals surface area contributed by atoms with Crippen molar-refractivity contribution in [2.75, 3.05) is 29.9 Å². The van der Waals surface area contributed by atoms with Gasteiger partial charge in [0.2, 0.25) is 5.91 Å². The Bertz CT molecular complexity index is 1200. The molecule has 1 amide bonds. The zero-order valence-electron chi connectivity index (χ0n) is 17.2. The van der Waals surface area contributed by atoms with Gasteiger partial charge >= 0.3 is 0 Å². The Balaban J connectivity index is 1.63. The largest absolute Gasteiger partial charge is 0.395 e. The van der Waals surface area contributed by atoms with E-state index < -0.39 is 5.91 Å². The smallest absolute Gasteiger partial charge is 0.248 e. The first kappa shape index (κ1) is 20.4. The fourth-order valence-electron chi connectivity index (χ4n) is 3.54. The third kappa shape index (κ3) is 4.19. The lowest BCUT2D eigenvalue weighted by atomic mass is 10.1. The number of nitrogens with one attached hydrogen (secondary N) is 1. The molecule has 4 N–H and O–H groups in total. The summed E-state index contributed by atoms with van der Waals surface area (Å²) in [6.07, 6.45) is 5.30. The van der Waals surface area contributed by atoms with E-state index in [0.29, 0.717) is 23.6 Å². The molecule has 0 aliphatic rings. The number of hydrogen-bond donors (Lipinski definition) is 3. The molecule has 0 unspecified atom stereocenters. The second-order valence-corrected chi connectivity index (χ2v) is 7.03. The van der Waals surface area contributed by atoms with E-state index in [1.165, 1.54) is 0 Å². The third-order valence-electron chi connectivity index (χ3n) is 5.12. The SMILES string of the molecule is CCN(CCO)c1ccc(Nc2ncc(-c3cccc(C(N)=O)c3)n3ccnc23)cc1. The van der Waals surface area contributed by atoms with Crippen LogP contribution >= 0.6 is 0 Å². The molecule has 2 aromatic heterocycles. The van der Waals surface area contributed by atoms with Crippen molar-refractivity contribution in [3.05, 3.63) is 72.7 Å². The molecule has 0 saturated heterocycles. The summed E-state index contributed by atoms with van der Waals surface area (Å²) in [5, 5.41) is 12.5. The minimum Gasteiger partial charge on any atom is -0.395 e. The lowest BCUT2D eigenvalue weighted by molar-refractivity contribution is 0.100. The van der Waals surface area contributed by atoms with Crippen LogP contribution in [0.4, 0.5) is 17.2 Å². The van der Waals surface area contributed by atoms with Gasteiger partial charge in [-0.15, -0.1) is 0 Å². The van der Waals surface area contributed by atoms with Crippen molar-refractivity contribution in [1.82, 2.24) is 14.4 Å². The standard InChI is InChI=1S/C23H24N6O2/c1-2-28(12-13-30)19-8-6-18(7-9-19)27-22-23-25-10-11-29(23)20(15-26-22)16-4-3-5-17(14-16)21(24)31/h3-11,14-15,30H,2,12-13H2,1H3,(H2,24,31)(H,26,27). The van der Waals surface area contributed by atoms with Gasteiger partial charge in [-0.1, -0.05) is 12.1 Å². The number of carbonyl (C=O) groups is 1. The van der Waals surface area contributed by atoms with Crippen LogP contribution in [0.3, 0.4) is 0 Å². The summed E-state index contributed by atoms with van der Waals surface area (Å²) >= 11 is 0. The van der Waals surface area contributed by atoms with Gasteiger partial charge in [-0.05, 0) is 43.3 Å². The lowest BCUT2D eigenvalue weighted by Gasteiger charge is -2.22. The number of carbonyl (C=O) groups excluding carboxylic acids is 1. The van der Waals surface area contributed by atoms with Crippen molar-refractivity contribution in [2.24, 2.45) is 5.73 Å². The summed E-state index contributed by atoms with van der Waals surface area (Å²) in [6.45, 7) is 3.59. The third-order valence-corrected chi connectivity index (χ3v) is 5.12. The Kier molecular flexibility index (Phi) is 5.81.